The largest absolute Gasteiger partial charge is 0.485 e. The van der Waals surface area contributed by atoms with Crippen molar-refractivity contribution in [1.29, 1.82) is 0 Å². The standard InChI is InChI=1S/C29H25NO5S2/c1-16-9-14-24(35-18(3)19-10-12-20(13-11-19)37(4,33)34)26-22(29(31)32)15-23(30-27(16)26)28-17(2)21-7-5-6-8-25(21)36-28/h5-15,18H,1-4H3,(H,31,32). The van der Waals surface area contributed by atoms with E-state index in [-0.39, 0.29) is 10.5 Å². The van der Waals surface area contributed by atoms with Crippen molar-refractivity contribution in [2.45, 2.75) is 31.8 Å². The molecule has 1 N–H and O–H groups in total. The highest BCUT2D eigenvalue weighted by molar-refractivity contribution is 7.90. The quantitative estimate of drug-likeness (QED) is 0.254. The van der Waals surface area contributed by atoms with Crippen LogP contribution < -0.4 is 4.74 Å². The van der Waals surface area contributed by atoms with Crippen molar-refractivity contribution < 1.29 is 23.1 Å². The summed E-state index contributed by atoms with van der Waals surface area (Å²) in [5, 5.41) is 11.8. The third-order valence-corrected chi connectivity index (χ3v) is 8.94. The second-order valence-electron chi connectivity index (χ2n) is 9.12. The highest BCUT2D eigenvalue weighted by Crippen LogP contribution is 2.41. The number of carboxylic acid groups (broad SMARTS) is 1. The monoisotopic (exact) mass is 531 g/mol. The van der Waals surface area contributed by atoms with E-state index >= 15 is 0 Å². The lowest BCUT2D eigenvalue weighted by Gasteiger charge is -2.19. The number of rotatable bonds is 6. The number of nitrogens with zero attached hydrogens (tertiary/aromatic N) is 1. The van der Waals surface area contributed by atoms with Crippen LogP contribution in [0.25, 0.3) is 31.6 Å². The second-order valence-corrected chi connectivity index (χ2v) is 12.2. The highest BCUT2D eigenvalue weighted by Gasteiger charge is 2.22. The molecule has 8 heteroatoms. The van der Waals surface area contributed by atoms with Crippen LogP contribution >= 0.6 is 11.3 Å². The maximum Gasteiger partial charge on any atom is 0.336 e. The first-order chi connectivity index (χ1) is 17.5. The van der Waals surface area contributed by atoms with E-state index in [1.54, 1.807) is 47.7 Å². The molecule has 0 aliphatic carbocycles. The van der Waals surface area contributed by atoms with Gasteiger partial charge in [-0.2, -0.15) is 0 Å². The Labute approximate surface area is 219 Å². The number of hydrogen-bond donors (Lipinski definition) is 1. The fourth-order valence-electron chi connectivity index (χ4n) is 4.49. The van der Waals surface area contributed by atoms with Crippen molar-refractivity contribution in [2.24, 2.45) is 0 Å². The Bertz CT molecular complexity index is 1790. The molecule has 0 bridgehead atoms. The molecule has 0 aliphatic heterocycles. The third-order valence-electron chi connectivity index (χ3n) is 6.51. The molecule has 0 aliphatic rings. The van der Waals surface area contributed by atoms with E-state index in [0.29, 0.717) is 22.3 Å². The zero-order chi connectivity index (χ0) is 26.5. The summed E-state index contributed by atoms with van der Waals surface area (Å²) in [7, 11) is -3.31. The molecule has 3 aromatic carbocycles. The Morgan fingerprint density at radius 2 is 1.73 bits per heavy atom. The topological polar surface area (TPSA) is 93.6 Å². The van der Waals surface area contributed by atoms with E-state index in [4.69, 9.17) is 9.72 Å². The molecule has 188 valence electrons. The first-order valence-corrected chi connectivity index (χ1v) is 14.4. The molecular weight excluding hydrogens is 506 g/mol. The maximum atomic E-state index is 12.5. The second kappa shape index (κ2) is 9.28. The summed E-state index contributed by atoms with van der Waals surface area (Å²) in [6.45, 7) is 5.77. The molecule has 5 rings (SSSR count). The summed E-state index contributed by atoms with van der Waals surface area (Å²) >= 11 is 1.60. The molecule has 6 nitrogen and oxygen atoms in total. The third kappa shape index (κ3) is 4.58. The fraction of sp³-hybridized carbons (Fsp3) is 0.172. The molecule has 0 spiro atoms. The van der Waals surface area contributed by atoms with Gasteiger partial charge >= 0.3 is 5.97 Å². The summed E-state index contributed by atoms with van der Waals surface area (Å²) in [6.07, 6.45) is 0.709. The van der Waals surface area contributed by atoms with Crippen LogP contribution in [0.5, 0.6) is 5.75 Å². The van der Waals surface area contributed by atoms with Gasteiger partial charge < -0.3 is 9.84 Å². The molecule has 1 atom stereocenters. The predicted octanol–water partition coefficient (Wildman–Crippen LogP) is 6.98. The SMILES string of the molecule is Cc1c(-c2cc(C(=O)O)c3c(OC(C)c4ccc(S(C)(=O)=O)cc4)ccc(C)c3n2)sc2ccccc12. The normalized spacial score (nSPS) is 12.6. The van der Waals surface area contributed by atoms with Crippen LogP contribution in [0.15, 0.2) is 71.6 Å². The molecule has 37 heavy (non-hydrogen) atoms. The first-order valence-electron chi connectivity index (χ1n) is 11.7. The summed E-state index contributed by atoms with van der Waals surface area (Å²) in [5.74, 6) is -0.655. The number of aromatic nitrogens is 1. The molecule has 0 saturated carbocycles. The number of carbonyl (C=O) groups is 1. The Hall–Kier alpha value is -3.75. The molecular formula is C29H25NO5S2. The molecule has 1 unspecified atom stereocenters. The van der Waals surface area contributed by atoms with Gasteiger partial charge in [0, 0.05) is 11.0 Å². The average molecular weight is 532 g/mol. The number of benzene rings is 3. The van der Waals surface area contributed by atoms with Crippen LogP contribution in [-0.2, 0) is 9.84 Å². The lowest BCUT2D eigenvalue weighted by molar-refractivity contribution is 0.0698. The zero-order valence-corrected chi connectivity index (χ0v) is 22.4. The number of aryl methyl sites for hydroxylation is 2. The van der Waals surface area contributed by atoms with Gasteiger partial charge in [-0.15, -0.1) is 11.3 Å². The number of hydrogen-bond acceptors (Lipinski definition) is 6. The van der Waals surface area contributed by atoms with Gasteiger partial charge in [0.25, 0.3) is 0 Å². The van der Waals surface area contributed by atoms with Gasteiger partial charge in [-0.25, -0.2) is 18.2 Å². The lowest BCUT2D eigenvalue weighted by Crippen LogP contribution is -2.07. The molecule has 0 amide bonds. The Morgan fingerprint density at radius 1 is 1.03 bits per heavy atom. The van der Waals surface area contributed by atoms with E-state index in [9.17, 15) is 18.3 Å². The molecule has 0 radical (unpaired) electrons. The van der Waals surface area contributed by atoms with Crippen molar-refractivity contribution in [3.8, 4) is 16.3 Å². The average Bonchev–Trinajstić information content (AvgIpc) is 3.21. The lowest BCUT2D eigenvalue weighted by atomic mass is 10.0. The first kappa shape index (κ1) is 24.9. The van der Waals surface area contributed by atoms with Gasteiger partial charge in [0.1, 0.15) is 11.9 Å². The van der Waals surface area contributed by atoms with Crippen LogP contribution in [0.4, 0.5) is 0 Å². The number of pyridine rings is 1. The summed E-state index contributed by atoms with van der Waals surface area (Å²) in [5.41, 5.74) is 3.99. The van der Waals surface area contributed by atoms with E-state index in [1.807, 2.05) is 39.0 Å². The van der Waals surface area contributed by atoms with Gasteiger partial charge in [-0.1, -0.05) is 36.4 Å². The Balaban J connectivity index is 1.62. The van der Waals surface area contributed by atoms with Crippen molar-refractivity contribution in [2.75, 3.05) is 6.26 Å². The van der Waals surface area contributed by atoms with Crippen LogP contribution in [0.1, 0.15) is 40.1 Å². The van der Waals surface area contributed by atoms with Crippen molar-refractivity contribution in [3.63, 3.8) is 0 Å². The van der Waals surface area contributed by atoms with Crippen LogP contribution in [0.3, 0.4) is 0 Å². The molecule has 2 heterocycles. The maximum absolute atomic E-state index is 12.5. The Morgan fingerprint density at radius 3 is 2.38 bits per heavy atom. The van der Waals surface area contributed by atoms with Crippen molar-refractivity contribution in [1.82, 2.24) is 4.98 Å². The number of fused-ring (bicyclic) bond motifs is 2. The predicted molar refractivity (Wildman–Crippen MR) is 148 cm³/mol. The van der Waals surface area contributed by atoms with Crippen LogP contribution in [0, 0.1) is 13.8 Å². The minimum atomic E-state index is -3.31. The van der Waals surface area contributed by atoms with Crippen molar-refractivity contribution >= 4 is 48.1 Å². The number of ether oxygens (including phenoxy) is 1. The zero-order valence-electron chi connectivity index (χ0n) is 20.8. The smallest absolute Gasteiger partial charge is 0.336 e. The number of carboxylic acids is 1. The van der Waals surface area contributed by atoms with Gasteiger partial charge in [0.2, 0.25) is 0 Å². The van der Waals surface area contributed by atoms with Gasteiger partial charge in [0.15, 0.2) is 9.84 Å². The van der Waals surface area contributed by atoms with Gasteiger partial charge in [0.05, 0.1) is 31.9 Å². The van der Waals surface area contributed by atoms with Gasteiger partial charge in [-0.3, -0.25) is 0 Å². The van der Waals surface area contributed by atoms with E-state index in [2.05, 4.69) is 12.1 Å². The molecule has 0 fully saturated rings. The number of thiophene rings is 1. The van der Waals surface area contributed by atoms with E-state index in [1.165, 1.54) is 0 Å². The van der Waals surface area contributed by atoms with Crippen molar-refractivity contribution in [3.05, 3.63) is 89.0 Å². The Kier molecular flexibility index (Phi) is 6.25. The number of aromatic carboxylic acids is 1. The van der Waals surface area contributed by atoms with Gasteiger partial charge in [-0.05, 0) is 73.2 Å². The molecule has 2 aromatic heterocycles. The fourth-order valence-corrected chi connectivity index (χ4v) is 6.29. The summed E-state index contributed by atoms with van der Waals surface area (Å²) in [6, 6.07) is 19.8. The highest BCUT2D eigenvalue weighted by atomic mass is 32.2. The van der Waals surface area contributed by atoms with Crippen LogP contribution in [-0.4, -0.2) is 30.7 Å². The summed E-state index contributed by atoms with van der Waals surface area (Å²) in [4.78, 5) is 18.6. The minimum absolute atomic E-state index is 0.121. The number of sulfone groups is 1. The van der Waals surface area contributed by atoms with E-state index < -0.39 is 21.9 Å². The minimum Gasteiger partial charge on any atom is -0.485 e. The summed E-state index contributed by atoms with van der Waals surface area (Å²) < 4.78 is 31.0. The molecule has 0 saturated heterocycles. The molecule has 5 aromatic rings. The van der Waals surface area contributed by atoms with Crippen LogP contribution in [0.2, 0.25) is 0 Å². The van der Waals surface area contributed by atoms with E-state index in [0.717, 1.165) is 37.9 Å².